The summed E-state index contributed by atoms with van der Waals surface area (Å²) in [6.45, 7) is 8.95. The smallest absolute Gasteiger partial charge is 0.410 e. The molecule has 2 saturated heterocycles. The Hall–Kier alpha value is -2.32. The molecule has 2 amide bonds. The van der Waals surface area contributed by atoms with E-state index in [0.717, 1.165) is 49.5 Å². The lowest BCUT2D eigenvalue weighted by Gasteiger charge is -2.39. The van der Waals surface area contributed by atoms with E-state index < -0.39 is 5.60 Å². The number of benzene rings is 1. The van der Waals surface area contributed by atoms with Gasteiger partial charge in [0.2, 0.25) is 0 Å². The van der Waals surface area contributed by atoms with Gasteiger partial charge in [-0.3, -0.25) is 4.79 Å². The molecule has 0 unspecified atom stereocenters. The molecule has 0 saturated carbocycles. The Balaban J connectivity index is 1.24. The van der Waals surface area contributed by atoms with Crippen molar-refractivity contribution in [1.29, 1.82) is 0 Å². The maximum Gasteiger partial charge on any atom is 0.410 e. The molecule has 0 bridgehead atoms. The summed E-state index contributed by atoms with van der Waals surface area (Å²) in [6.07, 6.45) is 3.08. The largest absolute Gasteiger partial charge is 0.444 e. The number of rotatable bonds is 0. The molecule has 1 aromatic carbocycles. The van der Waals surface area contributed by atoms with Crippen molar-refractivity contribution >= 4 is 28.9 Å². The number of piperidine rings is 2. The van der Waals surface area contributed by atoms with Crippen LogP contribution in [0.4, 0.5) is 4.79 Å². The Morgan fingerprint density at radius 3 is 2.70 bits per heavy atom. The molecule has 0 aliphatic carbocycles. The molecule has 1 spiro atoms. The number of ether oxygens (including phenoxy) is 2. The van der Waals surface area contributed by atoms with Gasteiger partial charge in [-0.05, 0) is 74.9 Å². The topological polar surface area (TPSA) is 71.4 Å². The Labute approximate surface area is 199 Å². The zero-order valence-corrected chi connectivity index (χ0v) is 20.4. The second kappa shape index (κ2) is 8.47. The second-order valence-corrected chi connectivity index (χ2v) is 11.1. The third-order valence-electron chi connectivity index (χ3n) is 6.70. The lowest BCUT2D eigenvalue weighted by molar-refractivity contribution is -0.113. The molecule has 0 atom stereocenters. The van der Waals surface area contributed by atoms with Crippen LogP contribution in [0.3, 0.4) is 0 Å². The van der Waals surface area contributed by atoms with Gasteiger partial charge < -0.3 is 19.3 Å². The first-order chi connectivity index (χ1) is 15.7. The first kappa shape index (κ1) is 22.5. The molecule has 4 aliphatic rings. The Bertz CT molecular complexity index is 1030. The number of hydrogen-bond acceptors (Lipinski definition) is 6. The fourth-order valence-corrected chi connectivity index (χ4v) is 6.12. The van der Waals surface area contributed by atoms with E-state index in [0.29, 0.717) is 24.6 Å². The third kappa shape index (κ3) is 4.43. The number of carbonyl (C=O) groups is 2. The summed E-state index contributed by atoms with van der Waals surface area (Å²) in [5.41, 5.74) is 2.84. The van der Waals surface area contributed by atoms with E-state index in [1.807, 2.05) is 20.8 Å². The van der Waals surface area contributed by atoms with Gasteiger partial charge in [-0.1, -0.05) is 24.3 Å². The van der Waals surface area contributed by atoms with Gasteiger partial charge in [-0.15, -0.1) is 0 Å². The van der Waals surface area contributed by atoms with Crippen LogP contribution in [0.15, 0.2) is 39.7 Å². The van der Waals surface area contributed by atoms with Crippen molar-refractivity contribution in [1.82, 2.24) is 9.80 Å². The van der Waals surface area contributed by atoms with Crippen molar-refractivity contribution in [3.8, 4) is 0 Å². The molecular weight excluding hydrogens is 438 g/mol. The summed E-state index contributed by atoms with van der Waals surface area (Å²) < 4.78 is 11.8. The SMILES string of the molecule is CC(C)(C)OC(=O)N1CCC/C(=C2\SC(N3CCC4(CC3)OCc3ccccc34)=NC2=O)C1. The number of thioether (sulfide) groups is 1. The molecule has 0 N–H and O–H groups in total. The van der Waals surface area contributed by atoms with Gasteiger partial charge in [0.25, 0.3) is 5.91 Å². The Morgan fingerprint density at radius 2 is 1.94 bits per heavy atom. The molecule has 1 aromatic rings. The number of hydrogen-bond donors (Lipinski definition) is 0. The van der Waals surface area contributed by atoms with Crippen molar-refractivity contribution in [2.75, 3.05) is 26.2 Å². The summed E-state index contributed by atoms with van der Waals surface area (Å²) in [5.74, 6) is -0.182. The number of fused-ring (bicyclic) bond motifs is 2. The highest BCUT2D eigenvalue weighted by Crippen LogP contribution is 2.45. The summed E-state index contributed by atoms with van der Waals surface area (Å²) >= 11 is 1.46. The van der Waals surface area contributed by atoms with Crippen LogP contribution >= 0.6 is 11.8 Å². The van der Waals surface area contributed by atoms with Crippen LogP contribution in [0.2, 0.25) is 0 Å². The predicted molar refractivity (Wildman–Crippen MR) is 128 cm³/mol. The Kier molecular flexibility index (Phi) is 5.77. The minimum atomic E-state index is -0.536. The first-order valence-corrected chi connectivity index (χ1v) is 12.5. The minimum absolute atomic E-state index is 0.182. The lowest BCUT2D eigenvalue weighted by atomic mass is 9.84. The van der Waals surface area contributed by atoms with Gasteiger partial charge in [0.15, 0.2) is 5.17 Å². The highest BCUT2D eigenvalue weighted by molar-refractivity contribution is 8.18. The van der Waals surface area contributed by atoms with E-state index in [2.05, 4.69) is 34.2 Å². The molecule has 2 fully saturated rings. The fraction of sp³-hybridized carbons (Fsp3) is 0.560. The van der Waals surface area contributed by atoms with E-state index in [-0.39, 0.29) is 17.6 Å². The molecule has 176 valence electrons. The number of amides is 2. The van der Waals surface area contributed by atoms with E-state index in [1.165, 1.54) is 22.9 Å². The van der Waals surface area contributed by atoms with Crippen LogP contribution in [-0.2, 0) is 26.5 Å². The number of aliphatic imine (C=N–C) groups is 1. The van der Waals surface area contributed by atoms with Crippen LogP contribution in [-0.4, -0.2) is 58.7 Å². The molecule has 5 rings (SSSR count). The summed E-state index contributed by atoms with van der Waals surface area (Å²) in [5, 5.41) is 0.776. The van der Waals surface area contributed by atoms with Crippen LogP contribution in [0.1, 0.15) is 57.6 Å². The average molecular weight is 470 g/mol. The predicted octanol–water partition coefficient (Wildman–Crippen LogP) is 4.42. The van der Waals surface area contributed by atoms with Crippen molar-refractivity contribution in [2.24, 2.45) is 4.99 Å². The van der Waals surface area contributed by atoms with E-state index in [1.54, 1.807) is 4.90 Å². The standard InChI is InChI=1S/C25H31N3O4S/c1-24(2,3)32-23(30)28-12-6-8-17(15-28)20-21(29)26-22(33-20)27-13-10-25(11-14-27)19-9-5-4-7-18(19)16-31-25/h4-5,7,9H,6,8,10-16H2,1-3H3/b20-17+. The average Bonchev–Trinajstić information content (AvgIpc) is 3.35. The van der Waals surface area contributed by atoms with E-state index >= 15 is 0 Å². The molecule has 8 heteroatoms. The van der Waals surface area contributed by atoms with Gasteiger partial charge >= 0.3 is 6.09 Å². The van der Waals surface area contributed by atoms with Gasteiger partial charge in [0.1, 0.15) is 5.60 Å². The number of carbonyl (C=O) groups excluding carboxylic acids is 2. The minimum Gasteiger partial charge on any atom is -0.444 e. The van der Waals surface area contributed by atoms with Crippen molar-refractivity contribution in [2.45, 2.75) is 64.3 Å². The third-order valence-corrected chi connectivity index (χ3v) is 7.90. The molecular formula is C25H31N3O4S. The quantitative estimate of drug-likeness (QED) is 0.524. The maximum atomic E-state index is 12.8. The molecule has 0 radical (unpaired) electrons. The number of amidine groups is 1. The highest BCUT2D eigenvalue weighted by Gasteiger charge is 2.44. The summed E-state index contributed by atoms with van der Waals surface area (Å²) in [4.78, 5) is 34.3. The van der Waals surface area contributed by atoms with Crippen LogP contribution in [0.25, 0.3) is 0 Å². The zero-order valence-electron chi connectivity index (χ0n) is 19.6. The lowest BCUT2D eigenvalue weighted by Crippen LogP contribution is -2.44. The Morgan fingerprint density at radius 1 is 1.18 bits per heavy atom. The van der Waals surface area contributed by atoms with Gasteiger partial charge in [-0.2, -0.15) is 4.99 Å². The summed E-state index contributed by atoms with van der Waals surface area (Å²) in [6, 6.07) is 8.48. The molecule has 33 heavy (non-hydrogen) atoms. The highest BCUT2D eigenvalue weighted by atomic mass is 32.2. The van der Waals surface area contributed by atoms with Crippen LogP contribution in [0, 0.1) is 0 Å². The van der Waals surface area contributed by atoms with Gasteiger partial charge in [0.05, 0.1) is 17.1 Å². The summed E-state index contributed by atoms with van der Waals surface area (Å²) in [7, 11) is 0. The van der Waals surface area contributed by atoms with Gasteiger partial charge in [0, 0.05) is 26.2 Å². The van der Waals surface area contributed by atoms with Gasteiger partial charge in [-0.25, -0.2) is 4.79 Å². The fourth-order valence-electron chi connectivity index (χ4n) is 5.05. The number of nitrogens with zero attached hydrogens (tertiary/aromatic N) is 3. The van der Waals surface area contributed by atoms with E-state index in [9.17, 15) is 9.59 Å². The van der Waals surface area contributed by atoms with Crippen LogP contribution in [0.5, 0.6) is 0 Å². The first-order valence-electron chi connectivity index (χ1n) is 11.7. The van der Waals surface area contributed by atoms with Crippen molar-refractivity contribution in [3.63, 3.8) is 0 Å². The molecule has 4 aliphatic heterocycles. The molecule has 0 aromatic heterocycles. The van der Waals surface area contributed by atoms with Crippen LogP contribution < -0.4 is 0 Å². The molecule has 4 heterocycles. The molecule has 7 nitrogen and oxygen atoms in total. The maximum absolute atomic E-state index is 12.8. The van der Waals surface area contributed by atoms with E-state index in [4.69, 9.17) is 9.47 Å². The number of likely N-dealkylation sites (tertiary alicyclic amines) is 2. The van der Waals surface area contributed by atoms with Crippen molar-refractivity contribution < 1.29 is 19.1 Å². The second-order valence-electron chi connectivity index (χ2n) is 10.2. The monoisotopic (exact) mass is 469 g/mol. The zero-order chi connectivity index (χ0) is 23.2. The normalized spacial score (nSPS) is 24.8. The van der Waals surface area contributed by atoms with Crippen molar-refractivity contribution in [3.05, 3.63) is 45.9 Å².